The Bertz CT molecular complexity index is 1050. The van der Waals surface area contributed by atoms with E-state index in [1.54, 1.807) is 18.5 Å². The molecule has 0 radical (unpaired) electrons. The summed E-state index contributed by atoms with van der Waals surface area (Å²) in [5.41, 5.74) is 1.57. The summed E-state index contributed by atoms with van der Waals surface area (Å²) in [6.45, 7) is 1.21. The van der Waals surface area contributed by atoms with Gasteiger partial charge in [0, 0.05) is 42.7 Å². The summed E-state index contributed by atoms with van der Waals surface area (Å²) in [7, 11) is 0. The lowest BCUT2D eigenvalue weighted by atomic mass is 9.93. The predicted molar refractivity (Wildman–Crippen MR) is 109 cm³/mol. The van der Waals surface area contributed by atoms with Gasteiger partial charge in [0.25, 0.3) is 0 Å². The van der Waals surface area contributed by atoms with Crippen molar-refractivity contribution < 1.29 is 18.0 Å². The minimum absolute atomic E-state index is 0.0425. The Labute approximate surface area is 178 Å². The highest BCUT2D eigenvalue weighted by atomic mass is 19.4. The average molecular weight is 426 g/mol. The van der Waals surface area contributed by atoms with Crippen LogP contribution in [0.15, 0.2) is 61.1 Å². The van der Waals surface area contributed by atoms with Crippen molar-refractivity contribution >= 4 is 5.91 Å². The van der Waals surface area contributed by atoms with Crippen LogP contribution in [0.2, 0.25) is 0 Å². The first-order valence-electron chi connectivity index (χ1n) is 10.1. The van der Waals surface area contributed by atoms with E-state index in [1.165, 1.54) is 12.3 Å². The fourth-order valence-electron chi connectivity index (χ4n) is 3.77. The third-order valence-electron chi connectivity index (χ3n) is 5.46. The summed E-state index contributed by atoms with van der Waals surface area (Å²) in [6.07, 6.45) is 2.14. The second-order valence-electron chi connectivity index (χ2n) is 7.56. The second-order valence-corrected chi connectivity index (χ2v) is 7.56. The first-order chi connectivity index (χ1) is 14.9. The summed E-state index contributed by atoms with van der Waals surface area (Å²) in [6, 6.07) is 10.6. The molecular weight excluding hydrogens is 405 g/mol. The van der Waals surface area contributed by atoms with Crippen LogP contribution in [0.5, 0.6) is 0 Å². The van der Waals surface area contributed by atoms with E-state index in [-0.39, 0.29) is 18.2 Å². The minimum atomic E-state index is -4.41. The molecule has 0 atom stereocenters. The molecule has 0 unspecified atom stereocenters. The lowest BCUT2D eigenvalue weighted by molar-refractivity contribution is -0.137. The van der Waals surface area contributed by atoms with Gasteiger partial charge in [-0.15, -0.1) is 0 Å². The molecule has 0 bridgehead atoms. The first-order valence-corrected chi connectivity index (χ1v) is 10.1. The number of pyridine rings is 1. The number of carbonyl (C=O) groups is 1. The zero-order chi connectivity index (χ0) is 21.8. The maximum Gasteiger partial charge on any atom is 0.416 e. The highest BCUT2D eigenvalue weighted by Gasteiger charge is 2.31. The Morgan fingerprint density at radius 2 is 1.87 bits per heavy atom. The van der Waals surface area contributed by atoms with E-state index in [9.17, 15) is 18.0 Å². The van der Waals surface area contributed by atoms with Crippen molar-refractivity contribution in [1.29, 1.82) is 0 Å². The van der Waals surface area contributed by atoms with Gasteiger partial charge in [-0.3, -0.25) is 14.8 Å². The zero-order valence-corrected chi connectivity index (χ0v) is 16.7. The number of rotatable bonds is 4. The number of carbonyl (C=O) groups excluding carboxylic acids is 1. The Kier molecular flexibility index (Phi) is 5.97. The second kappa shape index (κ2) is 8.83. The molecule has 1 fully saturated rings. The van der Waals surface area contributed by atoms with Crippen LogP contribution in [-0.2, 0) is 17.4 Å². The molecule has 1 aliphatic heterocycles. The number of piperidine rings is 1. The molecule has 1 saturated heterocycles. The van der Waals surface area contributed by atoms with E-state index in [0.717, 1.165) is 36.4 Å². The summed E-state index contributed by atoms with van der Waals surface area (Å²) in [5.74, 6) is 0.151. The summed E-state index contributed by atoms with van der Waals surface area (Å²) < 4.78 is 39.1. The van der Waals surface area contributed by atoms with Crippen LogP contribution >= 0.6 is 0 Å². The minimum Gasteiger partial charge on any atom is -0.342 e. The Morgan fingerprint density at radius 1 is 1.06 bits per heavy atom. The van der Waals surface area contributed by atoms with Gasteiger partial charge < -0.3 is 4.90 Å². The van der Waals surface area contributed by atoms with Gasteiger partial charge in [0.15, 0.2) is 0 Å². The smallest absolute Gasteiger partial charge is 0.342 e. The largest absolute Gasteiger partial charge is 0.416 e. The third kappa shape index (κ3) is 5.07. The van der Waals surface area contributed by atoms with Gasteiger partial charge in [0.2, 0.25) is 5.91 Å². The lowest BCUT2D eigenvalue weighted by Gasteiger charge is -2.31. The molecule has 8 heteroatoms. The summed E-state index contributed by atoms with van der Waals surface area (Å²) in [5, 5.41) is 0. The lowest BCUT2D eigenvalue weighted by Crippen LogP contribution is -2.39. The Hall–Kier alpha value is -3.29. The number of aromatic nitrogens is 3. The Morgan fingerprint density at radius 3 is 2.58 bits per heavy atom. The van der Waals surface area contributed by atoms with Crippen LogP contribution in [0.3, 0.4) is 0 Å². The molecule has 0 aliphatic carbocycles. The number of halogens is 3. The molecule has 3 heterocycles. The van der Waals surface area contributed by atoms with Crippen molar-refractivity contribution in [2.75, 3.05) is 13.1 Å². The molecule has 1 amide bonds. The van der Waals surface area contributed by atoms with Gasteiger partial charge in [-0.05, 0) is 37.1 Å². The van der Waals surface area contributed by atoms with Crippen LogP contribution in [0.4, 0.5) is 13.2 Å². The van der Waals surface area contributed by atoms with Gasteiger partial charge in [-0.1, -0.05) is 18.2 Å². The van der Waals surface area contributed by atoms with Gasteiger partial charge in [0.1, 0.15) is 0 Å². The predicted octanol–water partition coefficient (Wildman–Crippen LogP) is 4.51. The van der Waals surface area contributed by atoms with E-state index in [1.807, 2.05) is 23.1 Å². The van der Waals surface area contributed by atoms with E-state index >= 15 is 0 Å². The van der Waals surface area contributed by atoms with Crippen molar-refractivity contribution in [3.63, 3.8) is 0 Å². The molecule has 31 heavy (non-hydrogen) atoms. The molecule has 0 saturated carbocycles. The van der Waals surface area contributed by atoms with Crippen LogP contribution < -0.4 is 0 Å². The quantitative estimate of drug-likeness (QED) is 0.616. The number of benzene rings is 1. The zero-order valence-electron chi connectivity index (χ0n) is 16.7. The van der Waals surface area contributed by atoms with Crippen LogP contribution in [-0.4, -0.2) is 38.8 Å². The number of nitrogens with zero attached hydrogens (tertiary/aromatic N) is 4. The molecule has 4 rings (SSSR count). The molecule has 1 aromatic carbocycles. The van der Waals surface area contributed by atoms with Crippen LogP contribution in [0.1, 0.15) is 35.7 Å². The molecule has 0 N–H and O–H groups in total. The van der Waals surface area contributed by atoms with Gasteiger partial charge in [-0.2, -0.15) is 13.2 Å². The van der Waals surface area contributed by atoms with Gasteiger partial charge in [-0.25, -0.2) is 4.98 Å². The fraction of sp³-hybridized carbons (Fsp3) is 0.304. The van der Waals surface area contributed by atoms with Crippen LogP contribution in [0, 0.1) is 0 Å². The average Bonchev–Trinajstić information content (AvgIpc) is 2.79. The van der Waals surface area contributed by atoms with Crippen molar-refractivity contribution in [1.82, 2.24) is 19.9 Å². The number of alkyl halides is 3. The normalized spacial score (nSPS) is 15.1. The highest BCUT2D eigenvalue weighted by Crippen LogP contribution is 2.32. The Balaban J connectivity index is 1.42. The molecule has 2 aromatic heterocycles. The van der Waals surface area contributed by atoms with E-state index < -0.39 is 11.7 Å². The van der Waals surface area contributed by atoms with E-state index in [2.05, 4.69) is 15.0 Å². The van der Waals surface area contributed by atoms with Gasteiger partial charge in [0.05, 0.1) is 29.6 Å². The molecule has 160 valence electrons. The third-order valence-corrected chi connectivity index (χ3v) is 5.46. The molecule has 0 spiro atoms. The molecule has 3 aromatic rings. The van der Waals surface area contributed by atoms with E-state index in [0.29, 0.717) is 24.3 Å². The number of amides is 1. The number of likely N-dealkylation sites (tertiary alicyclic amines) is 1. The first kappa shape index (κ1) is 21.0. The molecule has 1 aliphatic rings. The van der Waals surface area contributed by atoms with Crippen molar-refractivity contribution in [3.8, 4) is 11.3 Å². The summed E-state index contributed by atoms with van der Waals surface area (Å²) in [4.78, 5) is 27.3. The standard InChI is InChI=1S/C23H21F3N4O/c24-23(25,26)18-5-3-4-17(12-18)21-15-27-14-20(29-21)16-7-10-30(11-8-16)22(31)13-19-6-1-2-9-28-19/h1-6,9,12,14-16H,7-8,10-11,13H2. The highest BCUT2D eigenvalue weighted by molar-refractivity contribution is 5.78. The van der Waals surface area contributed by atoms with Crippen molar-refractivity contribution in [2.24, 2.45) is 0 Å². The number of hydrogen-bond acceptors (Lipinski definition) is 4. The van der Waals surface area contributed by atoms with Crippen LogP contribution in [0.25, 0.3) is 11.3 Å². The number of hydrogen-bond donors (Lipinski definition) is 0. The van der Waals surface area contributed by atoms with Crippen molar-refractivity contribution in [2.45, 2.75) is 31.4 Å². The SMILES string of the molecule is O=C(Cc1ccccn1)N1CCC(c2cncc(-c3cccc(C(F)(F)F)c3)n2)CC1. The maximum absolute atomic E-state index is 13.0. The van der Waals surface area contributed by atoms with Gasteiger partial charge >= 0.3 is 6.18 Å². The van der Waals surface area contributed by atoms with Crippen molar-refractivity contribution in [3.05, 3.63) is 78.0 Å². The van der Waals surface area contributed by atoms with E-state index in [4.69, 9.17) is 0 Å². The topological polar surface area (TPSA) is 59.0 Å². The summed E-state index contributed by atoms with van der Waals surface area (Å²) >= 11 is 0. The maximum atomic E-state index is 13.0. The monoisotopic (exact) mass is 426 g/mol. The molecular formula is C23H21F3N4O. The molecule has 5 nitrogen and oxygen atoms in total. The fourth-order valence-corrected chi connectivity index (χ4v) is 3.77.